The van der Waals surface area contributed by atoms with Crippen LogP contribution in [0.3, 0.4) is 0 Å². The Morgan fingerprint density at radius 1 is 1.10 bits per heavy atom. The Hall–Kier alpha value is -3.26. The van der Waals surface area contributed by atoms with Crippen LogP contribution in [0.4, 0.5) is 17.2 Å². The van der Waals surface area contributed by atoms with Crippen molar-refractivity contribution in [1.29, 1.82) is 0 Å². The summed E-state index contributed by atoms with van der Waals surface area (Å²) in [6, 6.07) is 7.56. The van der Waals surface area contributed by atoms with Crippen molar-refractivity contribution in [3.05, 3.63) is 54.6 Å². The highest BCUT2D eigenvalue weighted by Crippen LogP contribution is 2.29. The smallest absolute Gasteiger partial charge is 0.274 e. The van der Waals surface area contributed by atoms with Crippen LogP contribution in [0.25, 0.3) is 0 Å². The molecule has 30 heavy (non-hydrogen) atoms. The number of aromatic nitrogens is 2. The van der Waals surface area contributed by atoms with Crippen LogP contribution >= 0.6 is 0 Å². The Labute approximate surface area is 175 Å². The first kappa shape index (κ1) is 18.7. The fourth-order valence-corrected chi connectivity index (χ4v) is 4.30. The molecule has 5 heterocycles. The maximum atomic E-state index is 13.0. The van der Waals surface area contributed by atoms with Crippen molar-refractivity contribution < 1.29 is 4.79 Å². The summed E-state index contributed by atoms with van der Waals surface area (Å²) in [6.45, 7) is 5.41. The minimum Gasteiger partial charge on any atom is -0.367 e. The van der Waals surface area contributed by atoms with Crippen LogP contribution in [-0.2, 0) is 0 Å². The number of fused-ring (bicyclic) bond motifs is 1. The molecule has 154 valence electrons. The van der Waals surface area contributed by atoms with E-state index in [0.29, 0.717) is 23.2 Å². The van der Waals surface area contributed by atoms with Gasteiger partial charge in [-0.3, -0.25) is 14.8 Å². The van der Waals surface area contributed by atoms with Gasteiger partial charge in [-0.1, -0.05) is 12.1 Å². The third kappa shape index (κ3) is 3.78. The third-order valence-corrected chi connectivity index (χ3v) is 5.90. The van der Waals surface area contributed by atoms with Gasteiger partial charge in [0.15, 0.2) is 0 Å². The SMILES string of the molecule is O=C(Nc1cnccc1N1CCNCC1)c1cccc(N2CC3C=CN=CC3C2)n1. The monoisotopic (exact) mass is 403 g/mol. The van der Waals surface area contributed by atoms with Gasteiger partial charge in [0.1, 0.15) is 11.5 Å². The lowest BCUT2D eigenvalue weighted by molar-refractivity contribution is 0.102. The summed E-state index contributed by atoms with van der Waals surface area (Å²) >= 11 is 0. The van der Waals surface area contributed by atoms with Crippen LogP contribution in [0.1, 0.15) is 10.5 Å². The number of anilines is 3. The van der Waals surface area contributed by atoms with E-state index in [2.05, 4.69) is 41.5 Å². The van der Waals surface area contributed by atoms with E-state index in [-0.39, 0.29) is 5.91 Å². The van der Waals surface area contributed by atoms with Crippen LogP contribution in [-0.4, -0.2) is 61.4 Å². The molecular formula is C22H25N7O. The highest BCUT2D eigenvalue weighted by atomic mass is 16.1. The van der Waals surface area contributed by atoms with Crippen molar-refractivity contribution in [3.63, 3.8) is 0 Å². The number of nitrogens with zero attached hydrogens (tertiary/aromatic N) is 5. The normalized spacial score (nSPS) is 22.8. The van der Waals surface area contributed by atoms with Gasteiger partial charge in [0.2, 0.25) is 0 Å². The number of carbonyl (C=O) groups is 1. The number of carbonyl (C=O) groups excluding carboxylic acids is 1. The molecule has 2 aromatic heterocycles. The fraction of sp³-hybridized carbons (Fsp3) is 0.364. The summed E-state index contributed by atoms with van der Waals surface area (Å²) in [7, 11) is 0. The molecule has 0 aliphatic carbocycles. The molecule has 2 unspecified atom stereocenters. The Kier molecular flexibility index (Phi) is 5.15. The standard InChI is InChI=1S/C22H25N7O/c30-22(27-19-13-25-7-5-20(19)28-10-8-23-9-11-28)18-2-1-3-21(26-18)29-14-16-4-6-24-12-17(16)15-29/h1-7,12-13,16-17,23H,8-11,14-15H2,(H,27,30). The molecule has 2 N–H and O–H groups in total. The topological polar surface area (TPSA) is 85.8 Å². The Bertz CT molecular complexity index is 963. The molecule has 2 aromatic rings. The zero-order chi connectivity index (χ0) is 20.3. The van der Waals surface area contributed by atoms with Crippen molar-refractivity contribution in [3.8, 4) is 0 Å². The zero-order valence-electron chi connectivity index (χ0n) is 16.7. The van der Waals surface area contributed by atoms with Crippen molar-refractivity contribution >= 4 is 29.3 Å². The first-order chi connectivity index (χ1) is 14.8. The number of hydrogen-bond donors (Lipinski definition) is 2. The Morgan fingerprint density at radius 3 is 2.83 bits per heavy atom. The summed E-state index contributed by atoms with van der Waals surface area (Å²) < 4.78 is 0. The van der Waals surface area contributed by atoms with E-state index in [1.807, 2.05) is 30.6 Å². The van der Waals surface area contributed by atoms with Gasteiger partial charge in [-0.2, -0.15) is 0 Å². The molecule has 2 atom stereocenters. The van der Waals surface area contributed by atoms with Crippen LogP contribution in [0.15, 0.2) is 53.9 Å². The lowest BCUT2D eigenvalue weighted by atomic mass is 9.96. The van der Waals surface area contributed by atoms with Crippen molar-refractivity contribution in [1.82, 2.24) is 15.3 Å². The number of amides is 1. The number of rotatable bonds is 4. The van der Waals surface area contributed by atoms with Gasteiger partial charge in [-0.05, 0) is 18.2 Å². The predicted octanol–water partition coefficient (Wildman–Crippen LogP) is 1.79. The van der Waals surface area contributed by atoms with E-state index in [4.69, 9.17) is 0 Å². The van der Waals surface area contributed by atoms with Gasteiger partial charge < -0.3 is 20.4 Å². The van der Waals surface area contributed by atoms with Gasteiger partial charge in [-0.25, -0.2) is 4.98 Å². The quantitative estimate of drug-likeness (QED) is 0.810. The Morgan fingerprint density at radius 2 is 1.97 bits per heavy atom. The molecular weight excluding hydrogens is 378 g/mol. The first-order valence-electron chi connectivity index (χ1n) is 10.4. The van der Waals surface area contributed by atoms with Crippen molar-refractivity contribution in [2.75, 3.05) is 54.4 Å². The average molecular weight is 403 g/mol. The number of piperazine rings is 1. The minimum atomic E-state index is -0.223. The molecule has 0 bridgehead atoms. The molecule has 0 aromatic carbocycles. The van der Waals surface area contributed by atoms with Crippen LogP contribution < -0.4 is 20.4 Å². The second-order valence-corrected chi connectivity index (χ2v) is 7.84. The molecule has 3 aliphatic rings. The number of aliphatic imine (C=N–C) groups is 1. The lowest BCUT2D eigenvalue weighted by Gasteiger charge is -2.30. The molecule has 1 amide bonds. The molecule has 0 radical (unpaired) electrons. The van der Waals surface area contributed by atoms with Gasteiger partial charge in [0, 0.05) is 69.7 Å². The molecule has 2 fully saturated rings. The van der Waals surface area contributed by atoms with E-state index < -0.39 is 0 Å². The molecule has 8 heteroatoms. The van der Waals surface area contributed by atoms with Crippen molar-refractivity contribution in [2.45, 2.75) is 0 Å². The van der Waals surface area contributed by atoms with Gasteiger partial charge in [-0.15, -0.1) is 0 Å². The maximum absolute atomic E-state index is 13.0. The van der Waals surface area contributed by atoms with Crippen LogP contribution in [0.5, 0.6) is 0 Å². The van der Waals surface area contributed by atoms with Crippen LogP contribution in [0.2, 0.25) is 0 Å². The first-order valence-corrected chi connectivity index (χ1v) is 10.4. The number of nitrogens with one attached hydrogen (secondary N) is 2. The highest BCUT2D eigenvalue weighted by Gasteiger charge is 2.32. The number of pyridine rings is 2. The minimum absolute atomic E-state index is 0.223. The molecule has 0 saturated carbocycles. The van der Waals surface area contributed by atoms with Crippen LogP contribution in [0, 0.1) is 11.8 Å². The lowest BCUT2D eigenvalue weighted by Crippen LogP contribution is -2.43. The fourth-order valence-electron chi connectivity index (χ4n) is 4.30. The van der Waals surface area contributed by atoms with E-state index in [1.54, 1.807) is 18.5 Å². The van der Waals surface area contributed by atoms with E-state index in [9.17, 15) is 4.79 Å². The molecule has 3 aliphatic heterocycles. The number of hydrogen-bond acceptors (Lipinski definition) is 7. The largest absolute Gasteiger partial charge is 0.367 e. The van der Waals surface area contributed by atoms with Crippen molar-refractivity contribution in [2.24, 2.45) is 16.8 Å². The molecule has 0 spiro atoms. The summed E-state index contributed by atoms with van der Waals surface area (Å²) in [6.07, 6.45) is 9.50. The van der Waals surface area contributed by atoms with Gasteiger partial charge >= 0.3 is 0 Å². The summed E-state index contributed by atoms with van der Waals surface area (Å²) in [5, 5.41) is 6.37. The van der Waals surface area contributed by atoms with E-state index in [1.165, 1.54) is 0 Å². The average Bonchev–Trinajstić information content (AvgIpc) is 3.25. The Balaban J connectivity index is 1.32. The molecule has 8 nitrogen and oxygen atoms in total. The zero-order valence-corrected chi connectivity index (χ0v) is 16.7. The van der Waals surface area contributed by atoms with Gasteiger partial charge in [0.05, 0.1) is 17.6 Å². The summed E-state index contributed by atoms with van der Waals surface area (Å²) in [5.41, 5.74) is 2.11. The molecule has 5 rings (SSSR count). The molecule has 2 saturated heterocycles. The van der Waals surface area contributed by atoms with E-state index >= 15 is 0 Å². The second kappa shape index (κ2) is 8.23. The highest BCUT2D eigenvalue weighted by molar-refractivity contribution is 6.04. The van der Waals surface area contributed by atoms with E-state index in [0.717, 1.165) is 50.8 Å². The second-order valence-electron chi connectivity index (χ2n) is 7.84. The van der Waals surface area contributed by atoms with Gasteiger partial charge in [0.25, 0.3) is 5.91 Å². The predicted molar refractivity (Wildman–Crippen MR) is 118 cm³/mol. The summed E-state index contributed by atoms with van der Waals surface area (Å²) in [4.78, 5) is 30.6. The third-order valence-electron chi connectivity index (χ3n) is 5.90. The summed E-state index contributed by atoms with van der Waals surface area (Å²) in [5.74, 6) is 1.47. The maximum Gasteiger partial charge on any atom is 0.274 e.